The average Bonchev–Trinajstić information content (AvgIpc) is 2.88. The predicted molar refractivity (Wildman–Crippen MR) is 83.9 cm³/mol. The average molecular weight is 334 g/mol. The molecule has 4 aliphatic carbocycles. The van der Waals surface area contributed by atoms with Crippen molar-refractivity contribution in [2.45, 2.75) is 70.0 Å². The molecule has 24 heavy (non-hydrogen) atoms. The first kappa shape index (κ1) is 15.2. The van der Waals surface area contributed by atoms with Crippen molar-refractivity contribution in [1.82, 2.24) is 0 Å². The van der Waals surface area contributed by atoms with E-state index in [1.165, 1.54) is 0 Å². The number of aliphatic hydroxyl groups is 1. The first-order valence-electron chi connectivity index (χ1n) is 9.36. The van der Waals surface area contributed by atoms with Gasteiger partial charge < -0.3 is 14.9 Å². The van der Waals surface area contributed by atoms with E-state index in [9.17, 15) is 19.8 Å². The Labute approximate surface area is 141 Å². The molecule has 0 aromatic heterocycles. The lowest BCUT2D eigenvalue weighted by Crippen LogP contribution is -2.47. The van der Waals surface area contributed by atoms with E-state index in [-0.39, 0.29) is 23.7 Å². The molecule has 5 rings (SSSR count). The molecule has 2 N–H and O–H groups in total. The van der Waals surface area contributed by atoms with Gasteiger partial charge in [-0.05, 0) is 70.1 Å². The van der Waals surface area contributed by atoms with E-state index in [1.54, 1.807) is 0 Å². The molecule has 1 spiro atoms. The number of hydrogen-bond donors (Lipinski definition) is 2. The molecule has 5 nitrogen and oxygen atoms in total. The third-order valence-electron chi connectivity index (χ3n) is 8.72. The standard InChI is InChI=1S/C19H26O5/c1-16-6-3-7-19(24-15(16)22)11-5-4-10-8-18(11,9-17(10,2)23)12(13(16)19)14(20)21/h10-13,23H,3-9H2,1-2H3,(H,20,21). The van der Waals surface area contributed by atoms with E-state index in [2.05, 4.69) is 0 Å². The fourth-order valence-corrected chi connectivity index (χ4v) is 8.13. The summed E-state index contributed by atoms with van der Waals surface area (Å²) in [4.78, 5) is 25.1. The Morgan fingerprint density at radius 1 is 1.25 bits per heavy atom. The molecule has 0 aromatic rings. The molecule has 8 atom stereocenters. The Balaban J connectivity index is 1.74. The van der Waals surface area contributed by atoms with Crippen LogP contribution >= 0.6 is 0 Å². The van der Waals surface area contributed by atoms with Gasteiger partial charge in [-0.3, -0.25) is 9.59 Å². The molecule has 1 aliphatic heterocycles. The summed E-state index contributed by atoms with van der Waals surface area (Å²) in [6, 6.07) is 0. The zero-order valence-electron chi connectivity index (χ0n) is 14.4. The van der Waals surface area contributed by atoms with Crippen molar-refractivity contribution in [3.8, 4) is 0 Å². The fourth-order valence-electron chi connectivity index (χ4n) is 8.13. The number of rotatable bonds is 1. The van der Waals surface area contributed by atoms with E-state index in [0.717, 1.165) is 38.5 Å². The number of carbonyl (C=O) groups is 2. The minimum atomic E-state index is -0.795. The Morgan fingerprint density at radius 2 is 2.00 bits per heavy atom. The van der Waals surface area contributed by atoms with Crippen molar-refractivity contribution in [3.63, 3.8) is 0 Å². The Bertz CT molecular complexity index is 656. The van der Waals surface area contributed by atoms with Crippen molar-refractivity contribution < 1.29 is 24.5 Å². The van der Waals surface area contributed by atoms with E-state index >= 15 is 0 Å². The van der Waals surface area contributed by atoms with Gasteiger partial charge in [-0.25, -0.2) is 0 Å². The second-order valence-corrected chi connectivity index (χ2v) is 9.71. The summed E-state index contributed by atoms with van der Waals surface area (Å²) in [5.41, 5.74) is -2.47. The van der Waals surface area contributed by atoms with Crippen molar-refractivity contribution in [1.29, 1.82) is 0 Å². The molecule has 4 bridgehead atoms. The highest BCUT2D eigenvalue weighted by molar-refractivity contribution is 5.84. The van der Waals surface area contributed by atoms with E-state index in [1.807, 2.05) is 13.8 Å². The summed E-state index contributed by atoms with van der Waals surface area (Å²) in [5, 5.41) is 21.1. The number of carboxylic acids is 1. The monoisotopic (exact) mass is 334 g/mol. The van der Waals surface area contributed by atoms with Gasteiger partial charge >= 0.3 is 11.9 Å². The second-order valence-electron chi connectivity index (χ2n) is 9.71. The molecule has 0 radical (unpaired) electrons. The Kier molecular flexibility index (Phi) is 2.53. The van der Waals surface area contributed by atoms with Crippen LogP contribution in [-0.4, -0.2) is 33.4 Å². The summed E-state index contributed by atoms with van der Waals surface area (Å²) in [6.45, 7) is 3.80. The topological polar surface area (TPSA) is 83.8 Å². The predicted octanol–water partition coefficient (Wildman–Crippen LogP) is 2.36. The summed E-state index contributed by atoms with van der Waals surface area (Å²) in [6.07, 6.45) is 5.55. The van der Waals surface area contributed by atoms with Crippen LogP contribution in [0.25, 0.3) is 0 Å². The van der Waals surface area contributed by atoms with Crippen LogP contribution in [0.15, 0.2) is 0 Å². The molecule has 132 valence electrons. The number of carboxylic acid groups (broad SMARTS) is 1. The molecule has 1 heterocycles. The van der Waals surface area contributed by atoms with Gasteiger partial charge in [0.25, 0.3) is 0 Å². The smallest absolute Gasteiger partial charge is 0.312 e. The molecule has 8 unspecified atom stereocenters. The fraction of sp³-hybridized carbons (Fsp3) is 0.895. The van der Waals surface area contributed by atoms with Crippen LogP contribution in [0.1, 0.15) is 58.8 Å². The Morgan fingerprint density at radius 3 is 2.71 bits per heavy atom. The lowest BCUT2D eigenvalue weighted by atomic mass is 9.60. The van der Waals surface area contributed by atoms with Crippen LogP contribution in [0.2, 0.25) is 0 Å². The van der Waals surface area contributed by atoms with Crippen LogP contribution < -0.4 is 0 Å². The highest BCUT2D eigenvalue weighted by Gasteiger charge is 2.82. The van der Waals surface area contributed by atoms with Gasteiger partial charge in [0.1, 0.15) is 5.60 Å². The van der Waals surface area contributed by atoms with Crippen LogP contribution in [-0.2, 0) is 14.3 Å². The quantitative estimate of drug-likeness (QED) is 0.719. The van der Waals surface area contributed by atoms with Gasteiger partial charge in [-0.1, -0.05) is 0 Å². The molecule has 5 fully saturated rings. The normalized spacial score (nSPS) is 60.5. The van der Waals surface area contributed by atoms with Crippen molar-refractivity contribution in [2.75, 3.05) is 0 Å². The van der Waals surface area contributed by atoms with Gasteiger partial charge in [-0.2, -0.15) is 0 Å². The highest BCUT2D eigenvalue weighted by atomic mass is 16.6. The minimum absolute atomic E-state index is 0.0902. The zero-order valence-corrected chi connectivity index (χ0v) is 14.4. The molecule has 0 aromatic carbocycles. The molecule has 5 heteroatoms. The van der Waals surface area contributed by atoms with Gasteiger partial charge in [0.05, 0.1) is 16.9 Å². The van der Waals surface area contributed by atoms with Gasteiger partial charge in [-0.15, -0.1) is 0 Å². The summed E-state index contributed by atoms with van der Waals surface area (Å²) in [7, 11) is 0. The van der Waals surface area contributed by atoms with Gasteiger partial charge in [0, 0.05) is 11.8 Å². The number of fused-ring (bicyclic) bond motifs is 1. The maximum absolute atomic E-state index is 12.7. The molecule has 1 saturated heterocycles. The maximum atomic E-state index is 12.7. The molecular formula is C19H26O5. The lowest BCUT2D eigenvalue weighted by Gasteiger charge is -2.43. The number of ether oxygens (including phenoxy) is 1. The molecule has 0 amide bonds. The molecule has 4 saturated carbocycles. The lowest BCUT2D eigenvalue weighted by molar-refractivity contribution is -0.160. The first-order chi connectivity index (χ1) is 11.2. The maximum Gasteiger partial charge on any atom is 0.312 e. The number of aliphatic carboxylic acids is 1. The highest BCUT2D eigenvalue weighted by Crippen LogP contribution is 2.78. The SMILES string of the molecule is CC1(O)CC23CC1CCC2C12CCCC(C)(C(=O)O1)C2C3C(=O)O. The summed E-state index contributed by atoms with van der Waals surface area (Å²) < 4.78 is 6.08. The Hall–Kier alpha value is -1.10. The van der Waals surface area contributed by atoms with Crippen LogP contribution in [0.5, 0.6) is 0 Å². The zero-order chi connectivity index (χ0) is 17.1. The van der Waals surface area contributed by atoms with Crippen molar-refractivity contribution in [3.05, 3.63) is 0 Å². The van der Waals surface area contributed by atoms with Crippen LogP contribution in [0, 0.1) is 34.5 Å². The first-order valence-corrected chi connectivity index (χ1v) is 9.36. The molecule has 5 aliphatic rings. The van der Waals surface area contributed by atoms with E-state index < -0.39 is 33.9 Å². The number of hydrogen-bond acceptors (Lipinski definition) is 4. The van der Waals surface area contributed by atoms with Crippen molar-refractivity contribution in [2.24, 2.45) is 34.5 Å². The number of esters is 1. The van der Waals surface area contributed by atoms with E-state index in [0.29, 0.717) is 6.42 Å². The van der Waals surface area contributed by atoms with E-state index in [4.69, 9.17) is 4.74 Å². The third kappa shape index (κ3) is 1.36. The third-order valence-corrected chi connectivity index (χ3v) is 8.72. The van der Waals surface area contributed by atoms with Crippen LogP contribution in [0.4, 0.5) is 0 Å². The largest absolute Gasteiger partial charge is 0.481 e. The van der Waals surface area contributed by atoms with Gasteiger partial charge in [0.15, 0.2) is 0 Å². The summed E-state index contributed by atoms with van der Waals surface area (Å²) in [5.74, 6) is -1.52. The molecular weight excluding hydrogens is 308 g/mol. The van der Waals surface area contributed by atoms with Crippen molar-refractivity contribution >= 4 is 11.9 Å². The second kappa shape index (κ2) is 4.00. The number of carbonyl (C=O) groups excluding carboxylic acids is 1. The summed E-state index contributed by atoms with van der Waals surface area (Å²) >= 11 is 0. The van der Waals surface area contributed by atoms with Crippen LogP contribution in [0.3, 0.4) is 0 Å². The minimum Gasteiger partial charge on any atom is -0.481 e. The van der Waals surface area contributed by atoms with Gasteiger partial charge in [0.2, 0.25) is 0 Å².